The lowest BCUT2D eigenvalue weighted by Crippen LogP contribution is -2.62. The van der Waals surface area contributed by atoms with Crippen molar-refractivity contribution in [1.82, 2.24) is 15.5 Å². The Labute approximate surface area is 135 Å². The van der Waals surface area contributed by atoms with Crippen molar-refractivity contribution in [2.45, 2.75) is 24.8 Å². The van der Waals surface area contributed by atoms with Gasteiger partial charge in [0, 0.05) is 11.8 Å². The van der Waals surface area contributed by atoms with Crippen LogP contribution in [0.15, 0.2) is 12.4 Å². The fraction of sp³-hybridized carbons (Fsp3) is 0.400. The quantitative estimate of drug-likeness (QED) is 0.830. The Bertz CT molecular complexity index is 822. The minimum absolute atomic E-state index is 0.00283. The van der Waals surface area contributed by atoms with Gasteiger partial charge in [-0.3, -0.25) is 14.7 Å². The fourth-order valence-electron chi connectivity index (χ4n) is 3.51. The molecule has 2 aromatic rings. The van der Waals surface area contributed by atoms with E-state index >= 15 is 0 Å². The zero-order valence-corrected chi connectivity index (χ0v) is 13.0. The molecule has 4 heterocycles. The van der Waals surface area contributed by atoms with Crippen LogP contribution in [0.25, 0.3) is 10.4 Å². The van der Waals surface area contributed by atoms with Gasteiger partial charge >= 0.3 is 0 Å². The molecule has 3 aliphatic rings. The topological polar surface area (TPSA) is 87.3 Å². The van der Waals surface area contributed by atoms with Crippen molar-refractivity contribution < 1.29 is 14.3 Å². The molecule has 1 aliphatic carbocycles. The molecular formula is C15H14N4O3S. The van der Waals surface area contributed by atoms with E-state index in [9.17, 15) is 9.59 Å². The van der Waals surface area contributed by atoms with Gasteiger partial charge < -0.3 is 15.0 Å². The second kappa shape index (κ2) is 4.35. The first-order valence-electron chi connectivity index (χ1n) is 7.63. The maximum atomic E-state index is 13.0. The number of hydrogen-bond acceptors (Lipinski definition) is 5. The SMILES string of the molecule is O=C1NC2(CCC2)C(=O)N2CCOc3c(-c4cn[nH]c4)sc1c32. The van der Waals surface area contributed by atoms with Gasteiger partial charge in [-0.1, -0.05) is 0 Å². The summed E-state index contributed by atoms with van der Waals surface area (Å²) in [4.78, 5) is 28.9. The number of rotatable bonds is 1. The first-order valence-corrected chi connectivity index (χ1v) is 8.44. The number of anilines is 1. The molecule has 2 N–H and O–H groups in total. The zero-order valence-electron chi connectivity index (χ0n) is 12.2. The molecular weight excluding hydrogens is 316 g/mol. The van der Waals surface area contributed by atoms with E-state index in [2.05, 4.69) is 15.5 Å². The van der Waals surface area contributed by atoms with Gasteiger partial charge in [0.05, 0.1) is 17.6 Å². The van der Waals surface area contributed by atoms with E-state index in [0.29, 0.717) is 42.3 Å². The number of H-pyrrole nitrogens is 1. The highest BCUT2D eigenvalue weighted by Crippen LogP contribution is 2.52. The van der Waals surface area contributed by atoms with Crippen LogP contribution in [0.4, 0.5) is 5.69 Å². The summed E-state index contributed by atoms with van der Waals surface area (Å²) in [6, 6.07) is 0. The van der Waals surface area contributed by atoms with Gasteiger partial charge in [0.25, 0.3) is 11.8 Å². The average Bonchev–Trinajstić information content (AvgIpc) is 3.14. The monoisotopic (exact) mass is 330 g/mol. The number of carbonyl (C=O) groups excluding carboxylic acids is 2. The number of carbonyl (C=O) groups is 2. The van der Waals surface area contributed by atoms with Crippen LogP contribution in [-0.2, 0) is 4.79 Å². The number of ether oxygens (including phenoxy) is 1. The Balaban J connectivity index is 1.72. The summed E-state index contributed by atoms with van der Waals surface area (Å²) in [6.45, 7) is 0.918. The summed E-state index contributed by atoms with van der Waals surface area (Å²) in [5, 5.41) is 9.71. The molecule has 2 aliphatic heterocycles. The average molecular weight is 330 g/mol. The van der Waals surface area contributed by atoms with Crippen molar-refractivity contribution in [3.05, 3.63) is 17.3 Å². The highest BCUT2D eigenvalue weighted by atomic mass is 32.1. The van der Waals surface area contributed by atoms with Crippen LogP contribution in [0.1, 0.15) is 28.9 Å². The molecule has 7 nitrogen and oxygen atoms in total. The smallest absolute Gasteiger partial charge is 0.264 e. The third kappa shape index (κ3) is 1.61. The molecule has 0 radical (unpaired) electrons. The first-order chi connectivity index (χ1) is 11.2. The van der Waals surface area contributed by atoms with Crippen LogP contribution in [0.5, 0.6) is 5.75 Å². The van der Waals surface area contributed by atoms with Crippen molar-refractivity contribution in [3.8, 4) is 16.2 Å². The third-order valence-electron chi connectivity index (χ3n) is 4.85. The number of hydrogen-bond donors (Lipinski definition) is 2. The van der Waals surface area contributed by atoms with Gasteiger partial charge in [0.1, 0.15) is 22.7 Å². The maximum absolute atomic E-state index is 13.0. The van der Waals surface area contributed by atoms with E-state index in [-0.39, 0.29) is 11.8 Å². The van der Waals surface area contributed by atoms with Gasteiger partial charge in [-0.2, -0.15) is 5.10 Å². The van der Waals surface area contributed by atoms with Gasteiger partial charge in [0.2, 0.25) is 0 Å². The first kappa shape index (κ1) is 13.1. The predicted octanol–water partition coefficient (Wildman–Crippen LogP) is 1.53. The van der Waals surface area contributed by atoms with E-state index < -0.39 is 5.54 Å². The zero-order chi connectivity index (χ0) is 15.6. The van der Waals surface area contributed by atoms with E-state index in [1.807, 2.05) is 0 Å². The molecule has 0 bridgehead atoms. The Kier molecular flexibility index (Phi) is 2.48. The van der Waals surface area contributed by atoms with Crippen LogP contribution in [0.2, 0.25) is 0 Å². The summed E-state index contributed by atoms with van der Waals surface area (Å²) >= 11 is 1.36. The van der Waals surface area contributed by atoms with Gasteiger partial charge in [0.15, 0.2) is 5.75 Å². The molecule has 0 aromatic carbocycles. The van der Waals surface area contributed by atoms with Gasteiger partial charge in [-0.05, 0) is 19.3 Å². The Morgan fingerprint density at radius 3 is 2.87 bits per heavy atom. The highest BCUT2D eigenvalue weighted by Gasteiger charge is 2.52. The van der Waals surface area contributed by atoms with E-state index in [4.69, 9.17) is 4.74 Å². The molecule has 118 valence electrons. The van der Waals surface area contributed by atoms with Crippen molar-refractivity contribution >= 4 is 28.8 Å². The summed E-state index contributed by atoms with van der Waals surface area (Å²) in [5.41, 5.74) is 0.780. The Morgan fingerprint density at radius 2 is 2.17 bits per heavy atom. The highest BCUT2D eigenvalue weighted by molar-refractivity contribution is 7.18. The molecule has 2 aromatic heterocycles. The number of aromatic amines is 1. The minimum atomic E-state index is -0.708. The maximum Gasteiger partial charge on any atom is 0.264 e. The Morgan fingerprint density at radius 1 is 1.30 bits per heavy atom. The summed E-state index contributed by atoms with van der Waals surface area (Å²) < 4.78 is 5.83. The number of nitrogens with one attached hydrogen (secondary N) is 2. The third-order valence-corrected chi connectivity index (χ3v) is 6.06. The number of thiophene rings is 1. The van der Waals surface area contributed by atoms with Crippen LogP contribution >= 0.6 is 11.3 Å². The largest absolute Gasteiger partial charge is 0.488 e. The molecule has 1 saturated carbocycles. The second-order valence-corrected chi connectivity index (χ2v) is 7.14. The second-order valence-electron chi connectivity index (χ2n) is 6.12. The summed E-state index contributed by atoms with van der Waals surface area (Å²) in [7, 11) is 0. The molecule has 0 unspecified atom stereocenters. The van der Waals surface area contributed by atoms with E-state index in [1.165, 1.54) is 11.3 Å². The lowest BCUT2D eigenvalue weighted by Gasteiger charge is -2.42. The molecule has 1 fully saturated rings. The number of aromatic nitrogens is 2. The van der Waals surface area contributed by atoms with Crippen molar-refractivity contribution in [3.63, 3.8) is 0 Å². The lowest BCUT2D eigenvalue weighted by molar-refractivity contribution is -0.128. The van der Waals surface area contributed by atoms with Gasteiger partial charge in [-0.15, -0.1) is 11.3 Å². The van der Waals surface area contributed by atoms with Crippen molar-refractivity contribution in [2.75, 3.05) is 18.1 Å². The molecule has 23 heavy (non-hydrogen) atoms. The van der Waals surface area contributed by atoms with Crippen LogP contribution in [-0.4, -0.2) is 40.7 Å². The number of amides is 2. The van der Waals surface area contributed by atoms with Crippen LogP contribution in [0.3, 0.4) is 0 Å². The molecule has 1 spiro atoms. The van der Waals surface area contributed by atoms with E-state index in [1.54, 1.807) is 17.3 Å². The van der Waals surface area contributed by atoms with Crippen molar-refractivity contribution in [1.29, 1.82) is 0 Å². The minimum Gasteiger partial charge on any atom is -0.488 e. The van der Waals surface area contributed by atoms with Gasteiger partial charge in [-0.25, -0.2) is 0 Å². The normalized spacial score (nSPS) is 21.3. The fourth-order valence-corrected chi connectivity index (χ4v) is 4.64. The van der Waals surface area contributed by atoms with Crippen LogP contribution < -0.4 is 15.0 Å². The molecule has 5 rings (SSSR count). The summed E-state index contributed by atoms with van der Waals surface area (Å²) in [5.74, 6) is 0.441. The molecule has 8 heteroatoms. The number of nitrogens with zero attached hydrogens (tertiary/aromatic N) is 2. The standard InChI is InChI=1S/C15H14N4O3S/c20-13-12-9-10(11(23-12)8-6-16-17-7-8)22-5-4-19(9)14(21)15(18-13)2-1-3-15/h6-7H,1-5H2,(H,16,17)(H,18,20). The molecule has 0 atom stereocenters. The lowest BCUT2D eigenvalue weighted by atomic mass is 9.75. The van der Waals surface area contributed by atoms with Crippen LogP contribution in [0, 0.1) is 0 Å². The Hall–Kier alpha value is -2.35. The predicted molar refractivity (Wildman–Crippen MR) is 83.8 cm³/mol. The molecule has 2 amide bonds. The van der Waals surface area contributed by atoms with Crippen molar-refractivity contribution in [2.24, 2.45) is 0 Å². The van der Waals surface area contributed by atoms with E-state index in [0.717, 1.165) is 16.9 Å². The summed E-state index contributed by atoms with van der Waals surface area (Å²) in [6.07, 6.45) is 5.85. The molecule has 0 saturated heterocycles.